The van der Waals surface area contributed by atoms with Gasteiger partial charge in [-0.05, 0) is 12.1 Å². The van der Waals surface area contributed by atoms with Gasteiger partial charge in [-0.1, -0.05) is 13.8 Å². The van der Waals surface area contributed by atoms with Crippen LogP contribution in [0.3, 0.4) is 0 Å². The molecule has 1 aromatic heterocycles. The summed E-state index contributed by atoms with van der Waals surface area (Å²) in [5.74, 6) is 3.37. The second kappa shape index (κ2) is 7.17. The number of hydrogen-bond acceptors (Lipinski definition) is 6. The van der Waals surface area contributed by atoms with Crippen molar-refractivity contribution >= 4 is 21.6 Å². The van der Waals surface area contributed by atoms with E-state index in [1.807, 2.05) is 24.0 Å². The highest BCUT2D eigenvalue weighted by molar-refractivity contribution is 8.01. The highest BCUT2D eigenvalue weighted by Crippen LogP contribution is 2.31. The molecular weight excluding hydrogens is 308 g/mol. The summed E-state index contributed by atoms with van der Waals surface area (Å²) >= 11 is 1.69. The van der Waals surface area contributed by atoms with Crippen LogP contribution in [0.4, 0.5) is 0 Å². The molecule has 1 aromatic rings. The number of nitrogens with two attached hydrogens (primary N) is 1. The number of hydrogen-bond donors (Lipinski definition) is 1. The largest absolute Gasteiger partial charge is 0.464 e. The van der Waals surface area contributed by atoms with Gasteiger partial charge in [0.2, 0.25) is 0 Å². The molecule has 1 fully saturated rings. The van der Waals surface area contributed by atoms with Crippen molar-refractivity contribution in [1.82, 2.24) is 4.90 Å². The molecule has 0 radical (unpaired) electrons. The SMILES string of the molecule is CCc1ccc(C(CN)N2CCSCC2S(=O)(=O)CC)o1. The zero-order valence-electron chi connectivity index (χ0n) is 12.6. The number of aryl methyl sites for hydroxylation is 1. The van der Waals surface area contributed by atoms with Crippen molar-refractivity contribution in [2.24, 2.45) is 5.73 Å². The molecule has 1 aliphatic heterocycles. The molecule has 2 unspecified atom stereocenters. The van der Waals surface area contributed by atoms with Gasteiger partial charge in [-0.3, -0.25) is 4.90 Å². The Hall–Kier alpha value is -0.500. The number of nitrogens with zero attached hydrogens (tertiary/aromatic N) is 1. The van der Waals surface area contributed by atoms with Crippen LogP contribution in [0.2, 0.25) is 0 Å². The molecule has 120 valence electrons. The van der Waals surface area contributed by atoms with Crippen molar-refractivity contribution < 1.29 is 12.8 Å². The van der Waals surface area contributed by atoms with Crippen molar-refractivity contribution in [2.75, 3.05) is 30.3 Å². The minimum Gasteiger partial charge on any atom is -0.464 e. The molecule has 1 aliphatic rings. The number of sulfone groups is 1. The second-order valence-electron chi connectivity index (χ2n) is 5.13. The topological polar surface area (TPSA) is 76.5 Å². The third-order valence-corrected chi connectivity index (χ3v) is 7.23. The van der Waals surface area contributed by atoms with Crippen molar-refractivity contribution in [3.63, 3.8) is 0 Å². The molecule has 2 heterocycles. The van der Waals surface area contributed by atoms with Crippen LogP contribution in [0.1, 0.15) is 31.4 Å². The van der Waals surface area contributed by atoms with E-state index < -0.39 is 15.2 Å². The molecule has 0 aromatic carbocycles. The van der Waals surface area contributed by atoms with Crippen LogP contribution in [-0.4, -0.2) is 49.0 Å². The predicted molar refractivity (Wildman–Crippen MR) is 87.2 cm³/mol. The van der Waals surface area contributed by atoms with Crippen LogP contribution in [0.5, 0.6) is 0 Å². The van der Waals surface area contributed by atoms with E-state index >= 15 is 0 Å². The smallest absolute Gasteiger partial charge is 0.166 e. The summed E-state index contributed by atoms with van der Waals surface area (Å²) in [6.45, 7) is 4.81. The maximum atomic E-state index is 12.4. The Morgan fingerprint density at radius 3 is 2.81 bits per heavy atom. The molecule has 0 spiro atoms. The lowest BCUT2D eigenvalue weighted by Gasteiger charge is -2.39. The minimum atomic E-state index is -3.12. The molecule has 1 saturated heterocycles. The number of furan rings is 1. The molecule has 5 nitrogen and oxygen atoms in total. The Morgan fingerprint density at radius 2 is 2.24 bits per heavy atom. The summed E-state index contributed by atoms with van der Waals surface area (Å²) in [5, 5.41) is -0.468. The number of rotatable bonds is 6. The van der Waals surface area contributed by atoms with E-state index in [-0.39, 0.29) is 11.8 Å². The van der Waals surface area contributed by atoms with E-state index in [0.29, 0.717) is 12.3 Å². The fourth-order valence-corrected chi connectivity index (χ4v) is 5.70. The third kappa shape index (κ3) is 3.64. The summed E-state index contributed by atoms with van der Waals surface area (Å²) in [6, 6.07) is 3.70. The second-order valence-corrected chi connectivity index (χ2v) is 8.73. The van der Waals surface area contributed by atoms with Gasteiger partial charge in [0, 0.05) is 36.8 Å². The van der Waals surface area contributed by atoms with Gasteiger partial charge in [0.15, 0.2) is 9.84 Å². The maximum Gasteiger partial charge on any atom is 0.166 e. The average molecular weight is 332 g/mol. The Kier molecular flexibility index (Phi) is 5.76. The first-order valence-corrected chi connectivity index (χ1v) is 10.2. The summed E-state index contributed by atoms with van der Waals surface area (Å²) in [5.41, 5.74) is 5.93. The molecule has 2 N–H and O–H groups in total. The highest BCUT2D eigenvalue weighted by atomic mass is 32.2. The Balaban J connectivity index is 2.29. The van der Waals surface area contributed by atoms with E-state index in [4.69, 9.17) is 10.2 Å². The summed E-state index contributed by atoms with van der Waals surface area (Å²) in [7, 11) is -3.12. The molecule has 2 rings (SSSR count). The fraction of sp³-hybridized carbons (Fsp3) is 0.714. The van der Waals surface area contributed by atoms with Crippen LogP contribution in [-0.2, 0) is 16.3 Å². The van der Waals surface area contributed by atoms with Gasteiger partial charge < -0.3 is 10.2 Å². The van der Waals surface area contributed by atoms with Crippen LogP contribution < -0.4 is 5.73 Å². The summed E-state index contributed by atoms with van der Waals surface area (Å²) in [4.78, 5) is 2.01. The van der Waals surface area contributed by atoms with E-state index in [1.165, 1.54) is 0 Å². The van der Waals surface area contributed by atoms with Crippen molar-refractivity contribution in [2.45, 2.75) is 31.7 Å². The van der Waals surface area contributed by atoms with Crippen LogP contribution in [0.15, 0.2) is 16.5 Å². The van der Waals surface area contributed by atoms with Crippen molar-refractivity contribution in [1.29, 1.82) is 0 Å². The maximum absolute atomic E-state index is 12.4. The predicted octanol–water partition coefficient (Wildman–Crippen LogP) is 1.65. The Bertz CT molecular complexity index is 556. The normalized spacial score (nSPS) is 22.3. The van der Waals surface area contributed by atoms with Gasteiger partial charge in [0.25, 0.3) is 0 Å². The molecule has 7 heteroatoms. The van der Waals surface area contributed by atoms with Crippen molar-refractivity contribution in [3.05, 3.63) is 23.7 Å². The van der Waals surface area contributed by atoms with E-state index in [9.17, 15) is 8.42 Å². The fourth-order valence-electron chi connectivity index (χ4n) is 2.63. The molecule has 0 aliphatic carbocycles. The first kappa shape index (κ1) is 16.9. The first-order chi connectivity index (χ1) is 10.0. The van der Waals surface area contributed by atoms with Gasteiger partial charge in [-0.15, -0.1) is 0 Å². The lowest BCUT2D eigenvalue weighted by atomic mass is 10.2. The Labute approximate surface area is 131 Å². The van der Waals surface area contributed by atoms with Gasteiger partial charge in [-0.2, -0.15) is 11.8 Å². The first-order valence-electron chi connectivity index (χ1n) is 7.37. The molecule has 0 saturated carbocycles. The standard InChI is InChI=1S/C14H24N2O3S2/c1-3-11-5-6-13(19-11)12(9-15)16-7-8-20-10-14(16)21(17,18)4-2/h5-6,12,14H,3-4,7-10,15H2,1-2H3. The zero-order valence-corrected chi connectivity index (χ0v) is 14.3. The summed E-state index contributed by atoms with van der Waals surface area (Å²) in [6.07, 6.45) is 0.823. The van der Waals surface area contributed by atoms with Crippen LogP contribution in [0.25, 0.3) is 0 Å². The van der Waals surface area contributed by atoms with E-state index in [1.54, 1.807) is 18.7 Å². The number of thioether (sulfide) groups is 1. The van der Waals surface area contributed by atoms with Crippen LogP contribution >= 0.6 is 11.8 Å². The van der Waals surface area contributed by atoms with Gasteiger partial charge in [0.05, 0.1) is 6.04 Å². The third-order valence-electron chi connectivity index (χ3n) is 3.92. The molecule has 21 heavy (non-hydrogen) atoms. The highest BCUT2D eigenvalue weighted by Gasteiger charge is 2.37. The van der Waals surface area contributed by atoms with E-state index in [2.05, 4.69) is 0 Å². The lowest BCUT2D eigenvalue weighted by molar-refractivity contribution is 0.173. The molecule has 0 bridgehead atoms. The van der Waals surface area contributed by atoms with Gasteiger partial charge >= 0.3 is 0 Å². The molecule has 2 atom stereocenters. The van der Waals surface area contributed by atoms with Crippen molar-refractivity contribution in [3.8, 4) is 0 Å². The lowest BCUT2D eigenvalue weighted by Crippen LogP contribution is -2.50. The minimum absolute atomic E-state index is 0.157. The monoisotopic (exact) mass is 332 g/mol. The van der Waals surface area contributed by atoms with Gasteiger partial charge in [0.1, 0.15) is 16.9 Å². The molecular formula is C14H24N2O3S2. The molecule has 0 amide bonds. The van der Waals surface area contributed by atoms with Crippen LogP contribution in [0, 0.1) is 0 Å². The quantitative estimate of drug-likeness (QED) is 0.853. The summed E-state index contributed by atoms with van der Waals surface area (Å²) < 4.78 is 30.5. The zero-order chi connectivity index (χ0) is 15.5. The average Bonchev–Trinajstić information content (AvgIpc) is 2.97. The van der Waals surface area contributed by atoms with Gasteiger partial charge in [-0.25, -0.2) is 8.42 Å². The Morgan fingerprint density at radius 1 is 1.48 bits per heavy atom. The van der Waals surface area contributed by atoms with E-state index in [0.717, 1.165) is 30.2 Å².